The van der Waals surface area contributed by atoms with Crippen LogP contribution in [-0.4, -0.2) is 33.5 Å². The molecular formula is C21H20N4O4S. The normalized spacial score (nSPS) is 10.8. The van der Waals surface area contributed by atoms with Crippen LogP contribution in [0.15, 0.2) is 75.0 Å². The second-order valence-electron chi connectivity index (χ2n) is 6.34. The molecule has 0 aliphatic carbocycles. The zero-order valence-electron chi connectivity index (χ0n) is 16.3. The fourth-order valence-corrected chi connectivity index (χ4v) is 3.60. The summed E-state index contributed by atoms with van der Waals surface area (Å²) in [5.74, 6) is 3.02. The molecule has 154 valence electrons. The zero-order valence-corrected chi connectivity index (χ0v) is 17.1. The maximum atomic E-state index is 12.2. The van der Waals surface area contributed by atoms with E-state index in [2.05, 4.69) is 15.5 Å². The van der Waals surface area contributed by atoms with E-state index in [1.807, 2.05) is 47.0 Å². The summed E-state index contributed by atoms with van der Waals surface area (Å²) in [4.78, 5) is 12.2. The summed E-state index contributed by atoms with van der Waals surface area (Å²) in [6.45, 7) is 0.806. The van der Waals surface area contributed by atoms with E-state index >= 15 is 0 Å². The largest absolute Gasteiger partial charge is 0.497 e. The number of amides is 1. The standard InChI is InChI=1S/C21H20N4O4S/c1-27-16-8-6-15(7-9-16)20-23-24-21(25(20)13-18-5-3-11-29-18)30-14-19(26)22-12-17-4-2-10-28-17/h2-11H,12-14H2,1H3,(H,22,26). The molecule has 0 aliphatic heterocycles. The number of nitrogens with zero attached hydrogens (tertiary/aromatic N) is 3. The van der Waals surface area contributed by atoms with Gasteiger partial charge in [-0.1, -0.05) is 11.8 Å². The second-order valence-corrected chi connectivity index (χ2v) is 7.29. The van der Waals surface area contributed by atoms with Crippen molar-refractivity contribution in [1.82, 2.24) is 20.1 Å². The predicted molar refractivity (Wildman–Crippen MR) is 111 cm³/mol. The molecule has 1 amide bonds. The Morgan fingerprint density at radius 1 is 1.07 bits per heavy atom. The molecule has 0 saturated carbocycles. The van der Waals surface area contributed by atoms with Crippen molar-refractivity contribution in [3.05, 3.63) is 72.6 Å². The third-order valence-corrected chi connectivity index (χ3v) is 5.30. The van der Waals surface area contributed by atoms with Gasteiger partial charge in [0.2, 0.25) is 5.91 Å². The lowest BCUT2D eigenvalue weighted by molar-refractivity contribution is -0.118. The highest BCUT2D eigenvalue weighted by molar-refractivity contribution is 7.99. The van der Waals surface area contributed by atoms with E-state index in [1.54, 1.807) is 25.7 Å². The highest BCUT2D eigenvalue weighted by Crippen LogP contribution is 2.26. The maximum absolute atomic E-state index is 12.2. The summed E-state index contributed by atoms with van der Waals surface area (Å²) in [5.41, 5.74) is 0.893. The Bertz CT molecular complexity index is 1070. The van der Waals surface area contributed by atoms with Crippen LogP contribution in [0.5, 0.6) is 5.75 Å². The molecule has 0 radical (unpaired) electrons. The van der Waals surface area contributed by atoms with Gasteiger partial charge in [-0.15, -0.1) is 10.2 Å². The lowest BCUT2D eigenvalue weighted by Gasteiger charge is -2.09. The number of nitrogens with one attached hydrogen (secondary N) is 1. The minimum absolute atomic E-state index is 0.116. The van der Waals surface area contributed by atoms with Gasteiger partial charge in [0, 0.05) is 5.56 Å². The number of thioether (sulfide) groups is 1. The summed E-state index contributed by atoms with van der Waals surface area (Å²) in [7, 11) is 1.63. The number of benzene rings is 1. The smallest absolute Gasteiger partial charge is 0.230 e. The molecule has 4 aromatic rings. The van der Waals surface area contributed by atoms with Crippen LogP contribution in [0.4, 0.5) is 0 Å². The molecule has 9 heteroatoms. The van der Waals surface area contributed by atoms with E-state index < -0.39 is 0 Å². The number of furan rings is 2. The highest BCUT2D eigenvalue weighted by atomic mass is 32.2. The third kappa shape index (κ3) is 4.74. The van der Waals surface area contributed by atoms with Crippen molar-refractivity contribution < 1.29 is 18.4 Å². The predicted octanol–water partition coefficient (Wildman–Crippen LogP) is 3.60. The molecule has 0 unspecified atom stereocenters. The average molecular weight is 424 g/mol. The molecule has 1 N–H and O–H groups in total. The van der Waals surface area contributed by atoms with Crippen molar-refractivity contribution >= 4 is 17.7 Å². The van der Waals surface area contributed by atoms with Crippen molar-refractivity contribution in [2.75, 3.05) is 12.9 Å². The van der Waals surface area contributed by atoms with Gasteiger partial charge >= 0.3 is 0 Å². The van der Waals surface area contributed by atoms with Crippen molar-refractivity contribution in [2.24, 2.45) is 0 Å². The van der Waals surface area contributed by atoms with E-state index in [0.717, 1.165) is 17.1 Å². The van der Waals surface area contributed by atoms with Gasteiger partial charge in [0.25, 0.3) is 0 Å². The van der Waals surface area contributed by atoms with Crippen LogP contribution in [0.25, 0.3) is 11.4 Å². The number of rotatable bonds is 9. The van der Waals surface area contributed by atoms with Crippen LogP contribution in [0.2, 0.25) is 0 Å². The van der Waals surface area contributed by atoms with Gasteiger partial charge in [-0.3, -0.25) is 9.36 Å². The Morgan fingerprint density at radius 2 is 1.80 bits per heavy atom. The lowest BCUT2D eigenvalue weighted by Crippen LogP contribution is -2.24. The highest BCUT2D eigenvalue weighted by Gasteiger charge is 2.17. The Kier molecular flexibility index (Phi) is 6.19. The fraction of sp³-hybridized carbons (Fsp3) is 0.190. The van der Waals surface area contributed by atoms with Gasteiger partial charge in [-0.05, 0) is 48.5 Å². The molecule has 0 spiro atoms. The van der Waals surface area contributed by atoms with E-state index in [-0.39, 0.29) is 11.7 Å². The molecule has 3 aromatic heterocycles. The van der Waals surface area contributed by atoms with E-state index in [1.165, 1.54) is 11.8 Å². The molecular weight excluding hydrogens is 404 g/mol. The summed E-state index contributed by atoms with van der Waals surface area (Å²) in [5, 5.41) is 12.1. The Labute approximate surface area is 177 Å². The second kappa shape index (κ2) is 9.36. The van der Waals surface area contributed by atoms with Crippen molar-refractivity contribution in [2.45, 2.75) is 18.2 Å². The van der Waals surface area contributed by atoms with Crippen molar-refractivity contribution in [3.8, 4) is 17.1 Å². The van der Waals surface area contributed by atoms with Gasteiger partial charge < -0.3 is 18.9 Å². The first-order chi connectivity index (χ1) is 14.7. The quantitative estimate of drug-likeness (QED) is 0.410. The number of hydrogen-bond donors (Lipinski definition) is 1. The molecule has 0 fully saturated rings. The third-order valence-electron chi connectivity index (χ3n) is 4.33. The van der Waals surface area contributed by atoms with E-state index in [9.17, 15) is 4.79 Å². The summed E-state index contributed by atoms with van der Waals surface area (Å²) >= 11 is 1.32. The van der Waals surface area contributed by atoms with Gasteiger partial charge in [-0.2, -0.15) is 0 Å². The number of aromatic nitrogens is 3. The minimum Gasteiger partial charge on any atom is -0.497 e. The van der Waals surface area contributed by atoms with Crippen LogP contribution in [0, 0.1) is 0 Å². The Balaban J connectivity index is 1.50. The minimum atomic E-state index is -0.116. The van der Waals surface area contributed by atoms with Gasteiger partial charge in [0.05, 0.1) is 38.5 Å². The topological polar surface area (TPSA) is 95.3 Å². The zero-order chi connectivity index (χ0) is 20.8. The van der Waals surface area contributed by atoms with Gasteiger partial charge in [0.15, 0.2) is 11.0 Å². The number of methoxy groups -OCH3 is 1. The monoisotopic (exact) mass is 424 g/mol. The number of hydrogen-bond acceptors (Lipinski definition) is 7. The number of ether oxygens (including phenoxy) is 1. The molecule has 0 atom stereocenters. The molecule has 0 bridgehead atoms. The maximum Gasteiger partial charge on any atom is 0.230 e. The summed E-state index contributed by atoms with van der Waals surface area (Å²) in [6.07, 6.45) is 3.20. The van der Waals surface area contributed by atoms with Crippen molar-refractivity contribution in [1.29, 1.82) is 0 Å². The summed E-state index contributed by atoms with van der Waals surface area (Å²) < 4.78 is 17.9. The molecule has 3 heterocycles. The van der Waals surface area contributed by atoms with Gasteiger partial charge in [0.1, 0.15) is 17.3 Å². The fourth-order valence-electron chi connectivity index (χ4n) is 2.83. The number of carbonyl (C=O) groups is 1. The number of carbonyl (C=O) groups excluding carboxylic acids is 1. The lowest BCUT2D eigenvalue weighted by atomic mass is 10.2. The molecule has 1 aromatic carbocycles. The molecule has 30 heavy (non-hydrogen) atoms. The van der Waals surface area contributed by atoms with E-state index in [4.69, 9.17) is 13.6 Å². The Morgan fingerprint density at radius 3 is 2.47 bits per heavy atom. The van der Waals surface area contributed by atoms with Crippen LogP contribution in [0.1, 0.15) is 11.5 Å². The molecule has 0 saturated heterocycles. The van der Waals surface area contributed by atoms with Crippen LogP contribution < -0.4 is 10.1 Å². The Hall–Kier alpha value is -3.46. The average Bonchev–Trinajstić information content (AvgIpc) is 3.54. The van der Waals surface area contributed by atoms with Gasteiger partial charge in [-0.25, -0.2) is 0 Å². The van der Waals surface area contributed by atoms with Crippen LogP contribution in [-0.2, 0) is 17.9 Å². The van der Waals surface area contributed by atoms with Crippen LogP contribution >= 0.6 is 11.8 Å². The van der Waals surface area contributed by atoms with Crippen LogP contribution in [0.3, 0.4) is 0 Å². The van der Waals surface area contributed by atoms with Crippen molar-refractivity contribution in [3.63, 3.8) is 0 Å². The van der Waals surface area contributed by atoms with E-state index in [0.29, 0.717) is 29.8 Å². The first kappa shape index (κ1) is 19.8. The summed E-state index contributed by atoms with van der Waals surface area (Å²) in [6, 6.07) is 14.9. The molecule has 4 rings (SSSR count). The molecule has 0 aliphatic rings. The SMILES string of the molecule is COc1ccc(-c2nnc(SCC(=O)NCc3ccco3)n2Cc2ccco2)cc1. The first-order valence-electron chi connectivity index (χ1n) is 9.25. The first-order valence-corrected chi connectivity index (χ1v) is 10.2. The molecule has 8 nitrogen and oxygen atoms in total.